The topological polar surface area (TPSA) is 89.2 Å². The first-order valence-corrected chi connectivity index (χ1v) is 3.84. The maximum atomic E-state index is 8.82. The van der Waals surface area contributed by atoms with Crippen LogP contribution in [0.4, 0.5) is 5.82 Å². The average molecular weight is 189 g/mol. The molecule has 0 saturated carbocycles. The van der Waals surface area contributed by atoms with E-state index in [1.165, 1.54) is 24.1 Å². The lowest BCUT2D eigenvalue weighted by atomic mass is 10.3. The van der Waals surface area contributed by atoms with Crippen molar-refractivity contribution in [2.45, 2.75) is 0 Å². The SMILES string of the molecule is COc1c(N)ncn2ncc(C#N)c12. The van der Waals surface area contributed by atoms with E-state index < -0.39 is 0 Å². The number of hydrogen-bond donors (Lipinski definition) is 1. The minimum absolute atomic E-state index is 0.247. The predicted molar refractivity (Wildman–Crippen MR) is 48.7 cm³/mol. The second-order valence-corrected chi connectivity index (χ2v) is 2.63. The number of nitriles is 1. The van der Waals surface area contributed by atoms with Gasteiger partial charge in [0.05, 0.1) is 13.3 Å². The largest absolute Gasteiger partial charge is 0.491 e. The molecule has 2 aromatic heterocycles. The van der Waals surface area contributed by atoms with Crippen LogP contribution >= 0.6 is 0 Å². The Morgan fingerprint density at radius 1 is 1.64 bits per heavy atom. The molecule has 0 aromatic carbocycles. The maximum absolute atomic E-state index is 8.82. The molecule has 2 heterocycles. The second-order valence-electron chi connectivity index (χ2n) is 2.63. The molecule has 2 rings (SSSR count). The Hall–Kier alpha value is -2.29. The van der Waals surface area contributed by atoms with Gasteiger partial charge in [0.1, 0.15) is 23.5 Å². The van der Waals surface area contributed by atoms with Crippen molar-refractivity contribution in [3.05, 3.63) is 18.1 Å². The Balaban J connectivity index is 2.90. The van der Waals surface area contributed by atoms with Gasteiger partial charge in [-0.3, -0.25) is 0 Å². The predicted octanol–water partition coefficient (Wildman–Crippen LogP) is 0.192. The number of methoxy groups -OCH3 is 1. The van der Waals surface area contributed by atoms with E-state index in [4.69, 9.17) is 15.7 Å². The van der Waals surface area contributed by atoms with Crippen molar-refractivity contribution >= 4 is 11.3 Å². The quantitative estimate of drug-likeness (QED) is 0.691. The number of nitrogen functional groups attached to an aromatic ring is 1. The summed E-state index contributed by atoms with van der Waals surface area (Å²) in [7, 11) is 1.47. The van der Waals surface area contributed by atoms with Gasteiger partial charge in [-0.15, -0.1) is 0 Å². The molecule has 6 heteroatoms. The summed E-state index contributed by atoms with van der Waals surface area (Å²) in [6.07, 6.45) is 2.88. The fraction of sp³-hybridized carbons (Fsp3) is 0.125. The lowest BCUT2D eigenvalue weighted by Crippen LogP contribution is -2.00. The van der Waals surface area contributed by atoms with Crippen LogP contribution in [0.15, 0.2) is 12.5 Å². The van der Waals surface area contributed by atoms with E-state index in [1.54, 1.807) is 0 Å². The zero-order valence-corrected chi connectivity index (χ0v) is 7.43. The number of nitrogens with zero attached hydrogens (tertiary/aromatic N) is 4. The number of aromatic nitrogens is 3. The second kappa shape index (κ2) is 2.88. The van der Waals surface area contributed by atoms with E-state index in [0.717, 1.165) is 0 Å². The van der Waals surface area contributed by atoms with Gasteiger partial charge >= 0.3 is 0 Å². The van der Waals surface area contributed by atoms with Gasteiger partial charge < -0.3 is 10.5 Å². The Kier molecular flexibility index (Phi) is 1.71. The van der Waals surface area contributed by atoms with Crippen molar-refractivity contribution in [3.8, 4) is 11.8 Å². The first kappa shape index (κ1) is 8.31. The Morgan fingerprint density at radius 2 is 2.43 bits per heavy atom. The van der Waals surface area contributed by atoms with Crippen LogP contribution in [0.5, 0.6) is 5.75 Å². The summed E-state index contributed by atoms with van der Waals surface area (Å²) in [5, 5.41) is 12.8. The van der Waals surface area contributed by atoms with Crippen molar-refractivity contribution in [1.82, 2.24) is 14.6 Å². The lowest BCUT2D eigenvalue weighted by molar-refractivity contribution is 0.417. The van der Waals surface area contributed by atoms with Gasteiger partial charge in [-0.05, 0) is 0 Å². The smallest absolute Gasteiger partial charge is 0.188 e. The van der Waals surface area contributed by atoms with Crippen molar-refractivity contribution in [1.29, 1.82) is 5.26 Å². The standard InChI is InChI=1S/C8H7N5O/c1-14-7-6-5(2-9)3-12-13(6)4-11-8(7)10/h3-4H,10H2,1H3. The van der Waals surface area contributed by atoms with Gasteiger partial charge in [-0.25, -0.2) is 9.50 Å². The molecule has 6 nitrogen and oxygen atoms in total. The van der Waals surface area contributed by atoms with E-state index in [0.29, 0.717) is 16.8 Å². The number of fused-ring (bicyclic) bond motifs is 1. The lowest BCUT2D eigenvalue weighted by Gasteiger charge is -2.04. The summed E-state index contributed by atoms with van der Waals surface area (Å²) in [4.78, 5) is 3.87. The minimum Gasteiger partial charge on any atom is -0.491 e. The maximum Gasteiger partial charge on any atom is 0.188 e. The third-order valence-corrected chi connectivity index (χ3v) is 1.87. The van der Waals surface area contributed by atoms with Gasteiger partial charge in [0.25, 0.3) is 0 Å². The first-order valence-electron chi connectivity index (χ1n) is 3.84. The zero-order chi connectivity index (χ0) is 10.1. The molecule has 0 spiro atoms. The fourth-order valence-corrected chi connectivity index (χ4v) is 1.26. The van der Waals surface area contributed by atoms with E-state index in [-0.39, 0.29) is 5.82 Å². The average Bonchev–Trinajstić information content (AvgIpc) is 2.61. The van der Waals surface area contributed by atoms with Crippen LogP contribution in [0.3, 0.4) is 0 Å². The fourth-order valence-electron chi connectivity index (χ4n) is 1.26. The molecule has 0 aliphatic heterocycles. The highest BCUT2D eigenvalue weighted by Crippen LogP contribution is 2.26. The van der Waals surface area contributed by atoms with E-state index in [1.807, 2.05) is 6.07 Å². The molecule has 2 aromatic rings. The molecule has 0 amide bonds. The third-order valence-electron chi connectivity index (χ3n) is 1.87. The normalized spacial score (nSPS) is 10.0. The number of ether oxygens (including phenoxy) is 1. The molecule has 0 bridgehead atoms. The van der Waals surface area contributed by atoms with Gasteiger partial charge in [-0.1, -0.05) is 0 Å². The summed E-state index contributed by atoms with van der Waals surface area (Å²) in [5.41, 5.74) is 6.55. The highest BCUT2D eigenvalue weighted by Gasteiger charge is 2.12. The van der Waals surface area contributed by atoms with Crippen LogP contribution in [0.25, 0.3) is 5.52 Å². The first-order chi connectivity index (χ1) is 6.77. The molecule has 0 aliphatic carbocycles. The molecule has 14 heavy (non-hydrogen) atoms. The molecular formula is C8H7N5O. The third kappa shape index (κ3) is 0.959. The van der Waals surface area contributed by atoms with E-state index >= 15 is 0 Å². The number of anilines is 1. The van der Waals surface area contributed by atoms with Crippen LogP contribution in [0.2, 0.25) is 0 Å². The number of rotatable bonds is 1. The van der Waals surface area contributed by atoms with Crippen LogP contribution < -0.4 is 10.5 Å². The molecular weight excluding hydrogens is 182 g/mol. The Bertz CT molecular complexity index is 524. The van der Waals surface area contributed by atoms with Crippen LogP contribution in [-0.4, -0.2) is 21.7 Å². The summed E-state index contributed by atoms with van der Waals surface area (Å²) < 4.78 is 6.51. The molecule has 0 unspecified atom stereocenters. The summed E-state index contributed by atoms with van der Waals surface area (Å²) in [5.74, 6) is 0.624. The number of hydrogen-bond acceptors (Lipinski definition) is 5. The van der Waals surface area contributed by atoms with Crippen LogP contribution in [-0.2, 0) is 0 Å². The van der Waals surface area contributed by atoms with Gasteiger partial charge in [0.15, 0.2) is 11.6 Å². The summed E-state index contributed by atoms with van der Waals surface area (Å²) >= 11 is 0. The molecule has 0 radical (unpaired) electrons. The molecule has 0 atom stereocenters. The highest BCUT2D eigenvalue weighted by molar-refractivity contribution is 5.74. The highest BCUT2D eigenvalue weighted by atomic mass is 16.5. The molecule has 70 valence electrons. The number of nitrogens with two attached hydrogens (primary N) is 1. The van der Waals surface area contributed by atoms with Crippen molar-refractivity contribution in [3.63, 3.8) is 0 Å². The minimum atomic E-state index is 0.247. The Labute approximate surface area is 79.5 Å². The zero-order valence-electron chi connectivity index (χ0n) is 7.43. The van der Waals surface area contributed by atoms with Gasteiger partial charge in [-0.2, -0.15) is 10.4 Å². The monoisotopic (exact) mass is 189 g/mol. The molecule has 0 fully saturated rings. The molecule has 0 aliphatic rings. The molecule has 0 saturated heterocycles. The van der Waals surface area contributed by atoms with Gasteiger partial charge in [0, 0.05) is 0 Å². The molecule has 2 N–H and O–H groups in total. The van der Waals surface area contributed by atoms with Crippen LogP contribution in [0, 0.1) is 11.3 Å². The van der Waals surface area contributed by atoms with E-state index in [9.17, 15) is 0 Å². The van der Waals surface area contributed by atoms with Crippen molar-refractivity contribution < 1.29 is 4.74 Å². The van der Waals surface area contributed by atoms with Gasteiger partial charge in [0.2, 0.25) is 0 Å². The summed E-state index contributed by atoms with van der Waals surface area (Å²) in [6.45, 7) is 0. The van der Waals surface area contributed by atoms with Crippen molar-refractivity contribution in [2.75, 3.05) is 12.8 Å². The Morgan fingerprint density at radius 3 is 3.07 bits per heavy atom. The van der Waals surface area contributed by atoms with E-state index in [2.05, 4.69) is 10.1 Å². The van der Waals surface area contributed by atoms with Crippen LogP contribution in [0.1, 0.15) is 5.56 Å². The van der Waals surface area contributed by atoms with Crippen molar-refractivity contribution in [2.24, 2.45) is 0 Å². The summed E-state index contributed by atoms with van der Waals surface area (Å²) in [6, 6.07) is 2.01.